The summed E-state index contributed by atoms with van der Waals surface area (Å²) in [6, 6.07) is 4.24. The highest BCUT2D eigenvalue weighted by Crippen LogP contribution is 2.27. The monoisotopic (exact) mass is 452 g/mol. The highest BCUT2D eigenvalue weighted by atomic mass is 79.9. The number of carbonyl (C=O) groups excluding carboxylic acids is 2. The maximum Gasteiger partial charge on any atom is 0.306 e. The number of aromatic nitrogens is 2. The van der Waals surface area contributed by atoms with Gasteiger partial charge in [0.15, 0.2) is 5.01 Å². The first kappa shape index (κ1) is 19.7. The SMILES string of the molecule is CC[C@H](OC(=O)CCCBr)c1csc(C(=O)c2c[nH]c3cc(F)ccc23)n1. The van der Waals surface area contributed by atoms with Crippen LogP contribution in [-0.4, -0.2) is 27.1 Å². The van der Waals surface area contributed by atoms with E-state index in [-0.39, 0.29) is 17.6 Å². The fourth-order valence-electron chi connectivity index (χ4n) is 2.72. The van der Waals surface area contributed by atoms with Gasteiger partial charge in [0.05, 0.1) is 11.3 Å². The number of hydrogen-bond acceptors (Lipinski definition) is 5. The summed E-state index contributed by atoms with van der Waals surface area (Å²) in [6.07, 6.45) is 2.71. The Morgan fingerprint density at radius 3 is 2.96 bits per heavy atom. The average Bonchev–Trinajstić information content (AvgIpc) is 3.30. The number of fused-ring (bicyclic) bond motifs is 1. The van der Waals surface area contributed by atoms with Crippen molar-refractivity contribution in [3.8, 4) is 0 Å². The average molecular weight is 453 g/mol. The van der Waals surface area contributed by atoms with E-state index in [9.17, 15) is 14.0 Å². The van der Waals surface area contributed by atoms with Crippen molar-refractivity contribution in [3.05, 3.63) is 51.9 Å². The number of nitrogens with one attached hydrogen (secondary N) is 1. The van der Waals surface area contributed by atoms with Gasteiger partial charge in [-0.15, -0.1) is 11.3 Å². The molecular formula is C19H18BrFN2O3S. The van der Waals surface area contributed by atoms with Crippen molar-refractivity contribution in [3.63, 3.8) is 0 Å². The van der Waals surface area contributed by atoms with Crippen LogP contribution in [0.15, 0.2) is 29.8 Å². The third-order valence-electron chi connectivity index (χ3n) is 4.09. The molecule has 27 heavy (non-hydrogen) atoms. The highest BCUT2D eigenvalue weighted by molar-refractivity contribution is 9.09. The molecule has 0 aliphatic carbocycles. The molecule has 0 saturated carbocycles. The number of benzene rings is 1. The van der Waals surface area contributed by atoms with Crippen LogP contribution < -0.4 is 0 Å². The third-order valence-corrected chi connectivity index (χ3v) is 5.51. The Balaban J connectivity index is 1.79. The first-order valence-electron chi connectivity index (χ1n) is 8.55. The van der Waals surface area contributed by atoms with E-state index in [2.05, 4.69) is 25.9 Å². The lowest BCUT2D eigenvalue weighted by Crippen LogP contribution is -2.11. The molecule has 0 amide bonds. The number of carbonyl (C=O) groups is 2. The summed E-state index contributed by atoms with van der Waals surface area (Å²) in [6.45, 7) is 1.90. The number of halogens is 2. The number of hydrogen-bond donors (Lipinski definition) is 1. The lowest BCUT2D eigenvalue weighted by Gasteiger charge is -2.13. The largest absolute Gasteiger partial charge is 0.456 e. The van der Waals surface area contributed by atoms with Crippen molar-refractivity contribution in [2.45, 2.75) is 32.3 Å². The lowest BCUT2D eigenvalue weighted by atomic mass is 10.1. The van der Waals surface area contributed by atoms with Gasteiger partial charge >= 0.3 is 5.97 Å². The van der Waals surface area contributed by atoms with Crippen molar-refractivity contribution in [1.29, 1.82) is 0 Å². The van der Waals surface area contributed by atoms with Crippen LogP contribution in [-0.2, 0) is 9.53 Å². The molecule has 0 aliphatic heterocycles. The lowest BCUT2D eigenvalue weighted by molar-refractivity contribution is -0.149. The van der Waals surface area contributed by atoms with Crippen LogP contribution >= 0.6 is 27.3 Å². The summed E-state index contributed by atoms with van der Waals surface area (Å²) in [5.74, 6) is -0.891. The first-order valence-corrected chi connectivity index (χ1v) is 10.6. The van der Waals surface area contributed by atoms with Crippen LogP contribution in [0.1, 0.15) is 53.3 Å². The topological polar surface area (TPSA) is 72.1 Å². The predicted molar refractivity (Wildman–Crippen MR) is 106 cm³/mol. The molecule has 0 radical (unpaired) electrons. The van der Waals surface area contributed by atoms with Crippen LogP contribution in [0.25, 0.3) is 10.9 Å². The molecule has 3 aromatic rings. The van der Waals surface area contributed by atoms with Gasteiger partial charge in [-0.25, -0.2) is 9.37 Å². The van der Waals surface area contributed by atoms with Crippen LogP contribution in [0.5, 0.6) is 0 Å². The summed E-state index contributed by atoms with van der Waals surface area (Å²) in [7, 11) is 0. The Labute approximate surface area is 168 Å². The zero-order chi connectivity index (χ0) is 19.4. The molecular weight excluding hydrogens is 435 g/mol. The van der Waals surface area contributed by atoms with Gasteiger partial charge in [-0.3, -0.25) is 9.59 Å². The van der Waals surface area contributed by atoms with Crippen molar-refractivity contribution in [1.82, 2.24) is 9.97 Å². The smallest absolute Gasteiger partial charge is 0.306 e. The van der Waals surface area contributed by atoms with E-state index in [1.165, 1.54) is 23.5 Å². The molecule has 0 fully saturated rings. The first-order chi connectivity index (χ1) is 13.0. The Kier molecular flexibility index (Phi) is 6.38. The number of ketones is 1. The minimum absolute atomic E-state index is 0.246. The molecule has 0 saturated heterocycles. The number of ether oxygens (including phenoxy) is 1. The molecule has 142 valence electrons. The molecule has 0 aliphatic rings. The zero-order valence-corrected chi connectivity index (χ0v) is 17.0. The van der Waals surface area contributed by atoms with Crippen molar-refractivity contribution >= 4 is 49.9 Å². The van der Waals surface area contributed by atoms with Gasteiger partial charge in [-0.1, -0.05) is 22.9 Å². The van der Waals surface area contributed by atoms with E-state index in [4.69, 9.17) is 4.74 Å². The fraction of sp³-hybridized carbons (Fsp3) is 0.316. The number of esters is 1. The minimum atomic E-state index is -0.470. The summed E-state index contributed by atoms with van der Waals surface area (Å²) in [5.41, 5.74) is 1.57. The summed E-state index contributed by atoms with van der Waals surface area (Å²) < 4.78 is 18.8. The Morgan fingerprint density at radius 2 is 2.22 bits per heavy atom. The van der Waals surface area contributed by atoms with Crippen molar-refractivity contribution < 1.29 is 18.7 Å². The molecule has 2 aromatic heterocycles. The summed E-state index contributed by atoms with van der Waals surface area (Å²) in [5, 5.41) is 3.44. The van der Waals surface area contributed by atoms with E-state index in [0.29, 0.717) is 46.4 Å². The zero-order valence-electron chi connectivity index (χ0n) is 14.6. The molecule has 3 rings (SSSR count). The molecule has 0 unspecified atom stereocenters. The van der Waals surface area contributed by atoms with Crippen LogP contribution in [0.2, 0.25) is 0 Å². The maximum atomic E-state index is 13.3. The molecule has 1 aromatic carbocycles. The molecule has 2 heterocycles. The number of H-pyrrole nitrogens is 1. The summed E-state index contributed by atoms with van der Waals surface area (Å²) in [4.78, 5) is 32.0. The predicted octanol–water partition coefficient (Wildman–Crippen LogP) is 5.16. The Bertz CT molecular complexity index is 969. The van der Waals surface area contributed by atoms with Crippen molar-refractivity contribution in [2.24, 2.45) is 0 Å². The molecule has 8 heteroatoms. The summed E-state index contributed by atoms with van der Waals surface area (Å²) >= 11 is 4.49. The number of thiazole rings is 1. The second-order valence-electron chi connectivity index (χ2n) is 5.98. The normalized spacial score (nSPS) is 12.3. The van der Waals surface area contributed by atoms with Crippen LogP contribution in [0.4, 0.5) is 4.39 Å². The standard InChI is InChI=1S/C19H18BrFN2O3S/c1-2-16(26-17(24)4-3-7-20)15-10-27-19(23-15)18(25)13-9-22-14-8-11(21)5-6-12(13)14/h5-6,8-10,16,22H,2-4,7H2,1H3/t16-/m0/s1. The molecule has 0 spiro atoms. The number of aromatic amines is 1. The second-order valence-corrected chi connectivity index (χ2v) is 7.63. The van der Waals surface area contributed by atoms with Gasteiger partial charge in [0.2, 0.25) is 5.78 Å². The highest BCUT2D eigenvalue weighted by Gasteiger charge is 2.22. The van der Waals surface area contributed by atoms with Gasteiger partial charge in [-0.2, -0.15) is 0 Å². The molecule has 1 atom stereocenters. The van der Waals surface area contributed by atoms with Crippen LogP contribution in [0.3, 0.4) is 0 Å². The Morgan fingerprint density at radius 1 is 1.41 bits per heavy atom. The van der Waals surface area contributed by atoms with E-state index in [1.807, 2.05) is 6.92 Å². The van der Waals surface area contributed by atoms with Crippen molar-refractivity contribution in [2.75, 3.05) is 5.33 Å². The van der Waals surface area contributed by atoms with Gasteiger partial charge in [0, 0.05) is 34.2 Å². The quantitative estimate of drug-likeness (QED) is 0.291. The minimum Gasteiger partial charge on any atom is -0.456 e. The van der Waals surface area contributed by atoms with E-state index >= 15 is 0 Å². The van der Waals surface area contributed by atoms with Gasteiger partial charge in [-0.05, 0) is 31.0 Å². The third kappa shape index (κ3) is 4.44. The molecule has 5 nitrogen and oxygen atoms in total. The van der Waals surface area contributed by atoms with E-state index in [0.717, 1.165) is 5.33 Å². The van der Waals surface area contributed by atoms with Gasteiger partial charge in [0.1, 0.15) is 11.9 Å². The van der Waals surface area contributed by atoms with Gasteiger partial charge < -0.3 is 9.72 Å². The van der Waals surface area contributed by atoms with Gasteiger partial charge in [0.25, 0.3) is 0 Å². The number of nitrogens with zero attached hydrogens (tertiary/aromatic N) is 1. The fourth-order valence-corrected chi connectivity index (χ4v) is 3.81. The van der Waals surface area contributed by atoms with E-state index < -0.39 is 6.10 Å². The van der Waals surface area contributed by atoms with Crippen LogP contribution in [0, 0.1) is 5.82 Å². The number of rotatable bonds is 8. The second kappa shape index (κ2) is 8.75. The number of alkyl halides is 1. The maximum absolute atomic E-state index is 13.3. The molecule has 1 N–H and O–H groups in total. The Hall–Kier alpha value is -2.06. The van der Waals surface area contributed by atoms with E-state index in [1.54, 1.807) is 17.6 Å². The molecule has 0 bridgehead atoms.